The van der Waals surface area contributed by atoms with Crippen molar-refractivity contribution in [2.24, 2.45) is 10.9 Å². The van der Waals surface area contributed by atoms with Gasteiger partial charge in [-0.05, 0) is 35.8 Å². The molecular weight excluding hydrogens is 378 g/mol. The fraction of sp³-hybridized carbons (Fsp3) is 0.333. The summed E-state index contributed by atoms with van der Waals surface area (Å²) in [4.78, 5) is 16.2. The topological polar surface area (TPSA) is 100 Å². The Kier molecular flexibility index (Phi) is 5.08. The van der Waals surface area contributed by atoms with Gasteiger partial charge in [0.1, 0.15) is 6.54 Å². The van der Waals surface area contributed by atoms with Gasteiger partial charge in [0.25, 0.3) is 0 Å². The van der Waals surface area contributed by atoms with Crippen LogP contribution in [0.4, 0.5) is 8.78 Å². The minimum Gasteiger partial charge on any atom is -0.383 e. The van der Waals surface area contributed by atoms with Gasteiger partial charge in [0.05, 0.1) is 15.9 Å². The van der Waals surface area contributed by atoms with Gasteiger partial charge in [0.15, 0.2) is 11.5 Å². The molecule has 0 bridgehead atoms. The Hall–Kier alpha value is -2.30. The van der Waals surface area contributed by atoms with E-state index < -0.39 is 12.5 Å². The Morgan fingerprint density at radius 1 is 1.48 bits per heavy atom. The number of nitrogens with zero attached hydrogens (tertiary/aromatic N) is 5. The van der Waals surface area contributed by atoms with E-state index in [1.54, 1.807) is 4.68 Å². The van der Waals surface area contributed by atoms with E-state index in [-0.39, 0.29) is 18.1 Å². The van der Waals surface area contributed by atoms with Crippen molar-refractivity contribution in [3.63, 3.8) is 0 Å². The first-order valence-electron chi connectivity index (χ1n) is 6.36. The molecule has 0 aromatic carbocycles. The highest BCUT2D eigenvalue weighted by Gasteiger charge is 2.15. The SMILES string of the molecule is Cc1nn(C/C(N)=N/OC(=O)c2ccn(C(F)F)n2)c(C)c1Br. The summed E-state index contributed by atoms with van der Waals surface area (Å²) in [5.74, 6) is -0.994. The van der Waals surface area contributed by atoms with Gasteiger partial charge in [-0.2, -0.15) is 19.0 Å². The minimum absolute atomic E-state index is 0.00950. The van der Waals surface area contributed by atoms with E-state index in [1.165, 1.54) is 0 Å². The Morgan fingerprint density at radius 2 is 2.17 bits per heavy atom. The Balaban J connectivity index is 2.00. The van der Waals surface area contributed by atoms with E-state index in [0.29, 0.717) is 4.68 Å². The number of carbonyl (C=O) groups is 1. The predicted octanol–water partition coefficient (Wildman–Crippen LogP) is 1.98. The van der Waals surface area contributed by atoms with Gasteiger partial charge >= 0.3 is 12.5 Å². The molecule has 124 valence electrons. The smallest absolute Gasteiger partial charge is 0.383 e. The lowest BCUT2D eigenvalue weighted by Gasteiger charge is -2.03. The number of amidine groups is 1. The monoisotopic (exact) mass is 390 g/mol. The molecule has 2 heterocycles. The molecule has 0 amide bonds. The molecule has 0 radical (unpaired) electrons. The van der Waals surface area contributed by atoms with Gasteiger partial charge < -0.3 is 10.6 Å². The number of nitrogens with two attached hydrogens (primary N) is 1. The van der Waals surface area contributed by atoms with Crippen LogP contribution in [0.3, 0.4) is 0 Å². The number of carbonyl (C=O) groups excluding carboxylic acids is 1. The number of rotatable bonds is 5. The van der Waals surface area contributed by atoms with E-state index in [4.69, 9.17) is 5.73 Å². The second-order valence-corrected chi connectivity index (χ2v) is 5.36. The van der Waals surface area contributed by atoms with Gasteiger partial charge in [-0.15, -0.1) is 0 Å². The number of halogens is 3. The lowest BCUT2D eigenvalue weighted by molar-refractivity contribution is 0.0471. The molecule has 0 saturated carbocycles. The molecule has 2 aromatic rings. The highest BCUT2D eigenvalue weighted by Crippen LogP contribution is 2.19. The molecule has 2 rings (SSSR count). The minimum atomic E-state index is -2.84. The van der Waals surface area contributed by atoms with Crippen molar-refractivity contribution in [3.05, 3.63) is 33.8 Å². The van der Waals surface area contributed by atoms with Crippen LogP contribution in [-0.2, 0) is 11.4 Å². The molecule has 2 N–H and O–H groups in total. The van der Waals surface area contributed by atoms with Gasteiger partial charge in [-0.3, -0.25) is 4.68 Å². The summed E-state index contributed by atoms with van der Waals surface area (Å²) < 4.78 is 27.5. The van der Waals surface area contributed by atoms with Crippen LogP contribution in [0.25, 0.3) is 0 Å². The number of oxime groups is 1. The molecule has 0 atom stereocenters. The maximum atomic E-state index is 12.4. The van der Waals surface area contributed by atoms with Crippen LogP contribution in [0.15, 0.2) is 21.9 Å². The van der Waals surface area contributed by atoms with E-state index in [1.807, 2.05) is 13.8 Å². The zero-order chi connectivity index (χ0) is 17.1. The molecule has 0 saturated heterocycles. The number of alkyl halides is 2. The summed E-state index contributed by atoms with van der Waals surface area (Å²) in [6, 6.07) is 1.10. The first-order valence-corrected chi connectivity index (χ1v) is 7.15. The zero-order valence-electron chi connectivity index (χ0n) is 12.2. The van der Waals surface area contributed by atoms with Crippen molar-refractivity contribution in [1.29, 1.82) is 0 Å². The van der Waals surface area contributed by atoms with Crippen molar-refractivity contribution in [2.45, 2.75) is 26.9 Å². The molecule has 23 heavy (non-hydrogen) atoms. The van der Waals surface area contributed by atoms with Crippen LogP contribution in [0.5, 0.6) is 0 Å². The molecule has 0 spiro atoms. The normalized spacial score (nSPS) is 12.0. The highest BCUT2D eigenvalue weighted by atomic mass is 79.9. The Morgan fingerprint density at radius 3 is 2.70 bits per heavy atom. The Labute approximate surface area is 138 Å². The summed E-state index contributed by atoms with van der Waals surface area (Å²) in [7, 11) is 0. The quantitative estimate of drug-likeness (QED) is 0.364. The van der Waals surface area contributed by atoms with Crippen molar-refractivity contribution < 1.29 is 18.4 Å². The van der Waals surface area contributed by atoms with E-state index in [9.17, 15) is 13.6 Å². The van der Waals surface area contributed by atoms with Crippen LogP contribution < -0.4 is 5.73 Å². The van der Waals surface area contributed by atoms with Crippen LogP contribution in [0.1, 0.15) is 28.4 Å². The summed E-state index contributed by atoms with van der Waals surface area (Å²) in [6.07, 6.45) is 0.960. The zero-order valence-corrected chi connectivity index (χ0v) is 13.8. The molecule has 0 fully saturated rings. The summed E-state index contributed by atoms with van der Waals surface area (Å²) in [5, 5.41) is 11.0. The predicted molar refractivity (Wildman–Crippen MR) is 79.9 cm³/mol. The second-order valence-electron chi connectivity index (χ2n) is 4.56. The standard InChI is InChI=1S/C12H13BrF2N6O2/c1-6-10(13)7(2)21(17-6)5-9(16)19-23-11(22)8-3-4-20(18-8)12(14)15/h3-4,12H,5H2,1-2H3,(H2,16,19). The number of hydrogen-bond acceptors (Lipinski definition) is 5. The number of aromatic nitrogens is 4. The van der Waals surface area contributed by atoms with E-state index in [2.05, 4.69) is 36.1 Å². The third-order valence-corrected chi connectivity index (χ3v) is 4.02. The third-order valence-electron chi connectivity index (χ3n) is 2.87. The molecule has 0 unspecified atom stereocenters. The van der Waals surface area contributed by atoms with Crippen molar-refractivity contribution in [2.75, 3.05) is 0 Å². The fourth-order valence-electron chi connectivity index (χ4n) is 1.71. The maximum Gasteiger partial charge on any atom is 0.385 e. The summed E-state index contributed by atoms with van der Waals surface area (Å²) in [5.41, 5.74) is 6.99. The van der Waals surface area contributed by atoms with Gasteiger partial charge in [-0.25, -0.2) is 9.48 Å². The maximum absolute atomic E-state index is 12.4. The highest BCUT2D eigenvalue weighted by molar-refractivity contribution is 9.10. The summed E-state index contributed by atoms with van der Waals surface area (Å²) >= 11 is 3.38. The van der Waals surface area contributed by atoms with E-state index >= 15 is 0 Å². The average molecular weight is 391 g/mol. The van der Waals surface area contributed by atoms with Gasteiger partial charge in [0, 0.05) is 6.20 Å². The number of aryl methyl sites for hydroxylation is 1. The van der Waals surface area contributed by atoms with Crippen LogP contribution in [0, 0.1) is 13.8 Å². The van der Waals surface area contributed by atoms with Gasteiger partial charge in [-0.1, -0.05) is 5.16 Å². The third kappa shape index (κ3) is 3.92. The second kappa shape index (κ2) is 6.86. The van der Waals surface area contributed by atoms with Crippen LogP contribution in [0.2, 0.25) is 0 Å². The lowest BCUT2D eigenvalue weighted by atomic mass is 10.4. The largest absolute Gasteiger partial charge is 0.385 e. The molecular formula is C12H13BrF2N6O2. The molecule has 0 aliphatic carbocycles. The first-order chi connectivity index (χ1) is 10.8. The van der Waals surface area contributed by atoms with Crippen molar-refractivity contribution in [1.82, 2.24) is 19.6 Å². The molecule has 11 heteroatoms. The Bertz CT molecular complexity index is 755. The molecule has 2 aromatic heterocycles. The molecule has 8 nitrogen and oxygen atoms in total. The van der Waals surface area contributed by atoms with Gasteiger partial charge in [0.2, 0.25) is 0 Å². The van der Waals surface area contributed by atoms with E-state index in [0.717, 1.165) is 28.1 Å². The molecule has 0 aliphatic rings. The molecule has 0 aliphatic heterocycles. The van der Waals surface area contributed by atoms with Crippen molar-refractivity contribution >= 4 is 27.7 Å². The summed E-state index contributed by atoms with van der Waals surface area (Å²) in [6.45, 7) is 0.923. The average Bonchev–Trinajstić information content (AvgIpc) is 3.07. The first kappa shape index (κ1) is 17.1. The number of hydrogen-bond donors (Lipinski definition) is 1. The van der Waals surface area contributed by atoms with Crippen LogP contribution in [-0.4, -0.2) is 31.4 Å². The van der Waals surface area contributed by atoms with Crippen LogP contribution >= 0.6 is 15.9 Å². The fourth-order valence-corrected chi connectivity index (χ4v) is 2.00. The lowest BCUT2D eigenvalue weighted by Crippen LogP contribution is -2.22. The van der Waals surface area contributed by atoms with Crippen molar-refractivity contribution in [3.8, 4) is 0 Å².